The molecule has 0 unspecified atom stereocenters. The average molecular weight is 215 g/mol. The number of methoxy groups -OCH3 is 1. The summed E-state index contributed by atoms with van der Waals surface area (Å²) >= 11 is 0. The highest BCUT2D eigenvalue weighted by Gasteiger charge is 2.13. The van der Waals surface area contributed by atoms with Crippen molar-refractivity contribution in [3.63, 3.8) is 0 Å². The van der Waals surface area contributed by atoms with Crippen molar-refractivity contribution >= 4 is 0 Å². The van der Waals surface area contributed by atoms with Crippen molar-refractivity contribution in [3.05, 3.63) is 29.3 Å². The number of rotatable bonds is 5. The number of benzene rings is 1. The van der Waals surface area contributed by atoms with Gasteiger partial charge in [-0.3, -0.25) is 0 Å². The third-order valence-corrected chi connectivity index (χ3v) is 2.24. The van der Waals surface area contributed by atoms with Crippen LogP contribution in [-0.4, -0.2) is 13.7 Å². The van der Waals surface area contributed by atoms with Crippen LogP contribution < -0.4 is 10.5 Å². The first kappa shape index (κ1) is 11.9. The number of alkyl halides is 2. The summed E-state index contributed by atoms with van der Waals surface area (Å²) in [6.45, 7) is 0.500. The van der Waals surface area contributed by atoms with Gasteiger partial charge in [-0.15, -0.1) is 0 Å². The van der Waals surface area contributed by atoms with Crippen molar-refractivity contribution in [1.82, 2.24) is 0 Å². The van der Waals surface area contributed by atoms with E-state index in [-0.39, 0.29) is 5.56 Å². The topological polar surface area (TPSA) is 35.2 Å². The molecule has 2 N–H and O–H groups in total. The van der Waals surface area contributed by atoms with E-state index in [9.17, 15) is 8.78 Å². The lowest BCUT2D eigenvalue weighted by molar-refractivity contribution is 0.150. The molecule has 0 saturated carbocycles. The molecule has 2 nitrogen and oxygen atoms in total. The molecule has 84 valence electrons. The normalized spacial score (nSPS) is 10.7. The van der Waals surface area contributed by atoms with Crippen molar-refractivity contribution in [2.45, 2.75) is 19.3 Å². The number of halogens is 2. The molecule has 0 spiro atoms. The Morgan fingerprint density at radius 1 is 1.40 bits per heavy atom. The van der Waals surface area contributed by atoms with Gasteiger partial charge in [0.1, 0.15) is 5.75 Å². The summed E-state index contributed by atoms with van der Waals surface area (Å²) in [5.74, 6) is 0.603. The molecule has 0 amide bonds. The average Bonchev–Trinajstić information content (AvgIpc) is 2.25. The Bertz CT molecular complexity index is 315. The predicted molar refractivity (Wildman–Crippen MR) is 55.3 cm³/mol. The second-order valence-corrected chi connectivity index (χ2v) is 3.26. The molecule has 0 saturated heterocycles. The molecule has 0 aliphatic heterocycles. The van der Waals surface area contributed by atoms with Gasteiger partial charge in [-0.25, -0.2) is 8.78 Å². The van der Waals surface area contributed by atoms with Gasteiger partial charge in [0.15, 0.2) is 0 Å². The summed E-state index contributed by atoms with van der Waals surface area (Å²) in [6.07, 6.45) is -1.18. The fourth-order valence-corrected chi connectivity index (χ4v) is 1.43. The molecule has 0 fully saturated rings. The summed E-state index contributed by atoms with van der Waals surface area (Å²) in [5.41, 5.74) is 6.05. The third kappa shape index (κ3) is 3.16. The number of nitrogens with two attached hydrogens (primary N) is 1. The van der Waals surface area contributed by atoms with Crippen LogP contribution in [0.4, 0.5) is 8.78 Å². The van der Waals surface area contributed by atoms with Crippen LogP contribution >= 0.6 is 0 Å². The maximum absolute atomic E-state index is 12.6. The number of ether oxygens (including phenoxy) is 1. The molecule has 15 heavy (non-hydrogen) atoms. The standard InChI is InChI=1S/C11H15F2NO/c1-15-9-4-5-10(11(12)13)8(7-9)3-2-6-14/h4-5,7,11H,2-3,6,14H2,1H3. The van der Waals surface area contributed by atoms with Gasteiger partial charge in [0, 0.05) is 5.56 Å². The van der Waals surface area contributed by atoms with Gasteiger partial charge in [-0.05, 0) is 43.1 Å². The third-order valence-electron chi connectivity index (χ3n) is 2.24. The van der Waals surface area contributed by atoms with Gasteiger partial charge in [0.25, 0.3) is 6.43 Å². The number of hydrogen-bond acceptors (Lipinski definition) is 2. The molecule has 1 aromatic carbocycles. The van der Waals surface area contributed by atoms with E-state index in [1.165, 1.54) is 13.2 Å². The minimum atomic E-state index is -2.44. The SMILES string of the molecule is COc1ccc(C(F)F)c(CCCN)c1. The van der Waals surface area contributed by atoms with Crippen LogP contribution in [0.5, 0.6) is 5.75 Å². The molecule has 0 atom stereocenters. The summed E-state index contributed by atoms with van der Waals surface area (Å²) in [7, 11) is 1.52. The van der Waals surface area contributed by atoms with Crippen LogP contribution in [0.1, 0.15) is 24.0 Å². The second kappa shape index (κ2) is 5.66. The second-order valence-electron chi connectivity index (χ2n) is 3.26. The summed E-state index contributed by atoms with van der Waals surface area (Å²) in [6, 6.07) is 4.61. The predicted octanol–water partition coefficient (Wildman–Crippen LogP) is 2.52. The van der Waals surface area contributed by atoms with E-state index < -0.39 is 6.43 Å². The Morgan fingerprint density at radius 2 is 2.13 bits per heavy atom. The van der Waals surface area contributed by atoms with Crippen LogP contribution in [0.2, 0.25) is 0 Å². The lowest BCUT2D eigenvalue weighted by Gasteiger charge is -2.10. The summed E-state index contributed by atoms with van der Waals surface area (Å²) in [5, 5.41) is 0. The zero-order valence-corrected chi connectivity index (χ0v) is 8.67. The zero-order chi connectivity index (χ0) is 11.3. The van der Waals surface area contributed by atoms with Gasteiger partial charge >= 0.3 is 0 Å². The molecule has 0 radical (unpaired) electrons. The molecular formula is C11H15F2NO. The molecule has 1 aromatic rings. The minimum Gasteiger partial charge on any atom is -0.497 e. The Morgan fingerprint density at radius 3 is 2.67 bits per heavy atom. The smallest absolute Gasteiger partial charge is 0.264 e. The zero-order valence-electron chi connectivity index (χ0n) is 8.67. The van der Waals surface area contributed by atoms with Crippen LogP contribution in [0, 0.1) is 0 Å². The molecule has 0 aliphatic rings. The largest absolute Gasteiger partial charge is 0.497 e. The van der Waals surface area contributed by atoms with E-state index in [0.29, 0.717) is 30.7 Å². The maximum atomic E-state index is 12.6. The molecular weight excluding hydrogens is 200 g/mol. The lowest BCUT2D eigenvalue weighted by Crippen LogP contribution is -2.03. The monoisotopic (exact) mass is 215 g/mol. The molecule has 0 heterocycles. The molecule has 4 heteroatoms. The van der Waals surface area contributed by atoms with Gasteiger partial charge in [0.05, 0.1) is 7.11 Å². The van der Waals surface area contributed by atoms with Gasteiger partial charge in [0.2, 0.25) is 0 Å². The van der Waals surface area contributed by atoms with E-state index in [1.54, 1.807) is 12.1 Å². The van der Waals surface area contributed by atoms with E-state index in [0.717, 1.165) is 0 Å². The Kier molecular flexibility index (Phi) is 4.49. The van der Waals surface area contributed by atoms with Crippen LogP contribution in [0.25, 0.3) is 0 Å². The van der Waals surface area contributed by atoms with Gasteiger partial charge < -0.3 is 10.5 Å². The summed E-state index contributed by atoms with van der Waals surface area (Å²) < 4.78 is 30.2. The molecule has 0 aliphatic carbocycles. The van der Waals surface area contributed by atoms with E-state index in [4.69, 9.17) is 10.5 Å². The highest BCUT2D eigenvalue weighted by Crippen LogP contribution is 2.27. The highest BCUT2D eigenvalue weighted by atomic mass is 19.3. The quantitative estimate of drug-likeness (QED) is 0.819. The first-order valence-corrected chi connectivity index (χ1v) is 4.84. The van der Waals surface area contributed by atoms with Crippen molar-refractivity contribution in [1.29, 1.82) is 0 Å². The van der Waals surface area contributed by atoms with Gasteiger partial charge in [-0.2, -0.15) is 0 Å². The Labute approximate surface area is 88.0 Å². The molecule has 0 aromatic heterocycles. The van der Waals surface area contributed by atoms with E-state index >= 15 is 0 Å². The Balaban J connectivity index is 2.94. The van der Waals surface area contributed by atoms with Crippen molar-refractivity contribution < 1.29 is 13.5 Å². The van der Waals surface area contributed by atoms with Crippen molar-refractivity contribution in [3.8, 4) is 5.75 Å². The van der Waals surface area contributed by atoms with E-state index in [2.05, 4.69) is 0 Å². The first-order valence-electron chi connectivity index (χ1n) is 4.84. The number of hydrogen-bond donors (Lipinski definition) is 1. The van der Waals surface area contributed by atoms with Crippen molar-refractivity contribution in [2.75, 3.05) is 13.7 Å². The fourth-order valence-electron chi connectivity index (χ4n) is 1.43. The molecule has 0 bridgehead atoms. The molecule has 1 rings (SSSR count). The van der Waals surface area contributed by atoms with Crippen LogP contribution in [0.15, 0.2) is 18.2 Å². The maximum Gasteiger partial charge on any atom is 0.264 e. The van der Waals surface area contributed by atoms with E-state index in [1.807, 2.05) is 0 Å². The minimum absolute atomic E-state index is 0.0734. The number of aryl methyl sites for hydroxylation is 1. The van der Waals surface area contributed by atoms with Crippen LogP contribution in [-0.2, 0) is 6.42 Å². The first-order chi connectivity index (χ1) is 7.19. The summed E-state index contributed by atoms with van der Waals surface area (Å²) in [4.78, 5) is 0. The van der Waals surface area contributed by atoms with Gasteiger partial charge in [-0.1, -0.05) is 0 Å². The highest BCUT2D eigenvalue weighted by molar-refractivity contribution is 5.36. The Hall–Kier alpha value is -1.16. The van der Waals surface area contributed by atoms with Crippen LogP contribution in [0.3, 0.4) is 0 Å². The van der Waals surface area contributed by atoms with Crippen molar-refractivity contribution in [2.24, 2.45) is 5.73 Å². The lowest BCUT2D eigenvalue weighted by atomic mass is 10.0. The fraction of sp³-hybridized carbons (Fsp3) is 0.455.